The first kappa shape index (κ1) is 17.9. The van der Waals surface area contributed by atoms with E-state index in [1.165, 1.54) is 0 Å². The van der Waals surface area contributed by atoms with Crippen molar-refractivity contribution in [3.63, 3.8) is 0 Å². The van der Waals surface area contributed by atoms with Crippen LogP contribution < -0.4 is 10.6 Å². The Morgan fingerprint density at radius 3 is 2.60 bits per heavy atom. The largest absolute Gasteiger partial charge is 0.392 e. The molecule has 2 aliphatic rings. The average Bonchev–Trinajstić information content (AvgIpc) is 3.03. The molecular weight excluding hydrogens is 318 g/mol. The first-order valence-electron chi connectivity index (χ1n) is 9.06. The summed E-state index contributed by atoms with van der Waals surface area (Å²) in [4.78, 5) is 26.8. The van der Waals surface area contributed by atoms with Gasteiger partial charge in [-0.3, -0.25) is 9.59 Å². The van der Waals surface area contributed by atoms with E-state index < -0.39 is 6.10 Å². The fraction of sp³-hybridized carbons (Fsp3) is 0.579. The van der Waals surface area contributed by atoms with Gasteiger partial charge in [-0.25, -0.2) is 0 Å². The SMILES string of the molecule is Cc1cc(C(=O)N2CCC(C)CC2)ccc1NC(=O)C1CC(O)CN1. The van der Waals surface area contributed by atoms with E-state index in [0.717, 1.165) is 31.5 Å². The molecule has 136 valence electrons. The van der Waals surface area contributed by atoms with Crippen molar-refractivity contribution in [2.75, 3.05) is 25.0 Å². The van der Waals surface area contributed by atoms with Crippen molar-refractivity contribution in [3.8, 4) is 0 Å². The molecule has 3 N–H and O–H groups in total. The van der Waals surface area contributed by atoms with Crippen molar-refractivity contribution in [2.45, 2.75) is 45.3 Å². The minimum atomic E-state index is -0.468. The van der Waals surface area contributed by atoms with Gasteiger partial charge in [0.05, 0.1) is 12.1 Å². The van der Waals surface area contributed by atoms with Gasteiger partial charge in [0.1, 0.15) is 0 Å². The summed E-state index contributed by atoms with van der Waals surface area (Å²) in [5.74, 6) is 0.600. The second-order valence-electron chi connectivity index (χ2n) is 7.34. The maximum Gasteiger partial charge on any atom is 0.253 e. The number of hydrogen-bond donors (Lipinski definition) is 3. The van der Waals surface area contributed by atoms with Gasteiger partial charge in [-0.05, 0) is 55.9 Å². The topological polar surface area (TPSA) is 81.7 Å². The predicted octanol–water partition coefficient (Wildman–Crippen LogP) is 1.53. The number of aliphatic hydroxyl groups is 1. The molecule has 2 fully saturated rings. The van der Waals surface area contributed by atoms with Crippen molar-refractivity contribution in [1.82, 2.24) is 10.2 Å². The van der Waals surface area contributed by atoms with Crippen LogP contribution in [0.25, 0.3) is 0 Å². The van der Waals surface area contributed by atoms with Crippen molar-refractivity contribution >= 4 is 17.5 Å². The zero-order valence-electron chi connectivity index (χ0n) is 14.9. The number of carbonyl (C=O) groups is 2. The minimum absolute atomic E-state index is 0.0634. The Hall–Kier alpha value is -1.92. The quantitative estimate of drug-likeness (QED) is 0.776. The molecule has 0 bridgehead atoms. The molecule has 2 saturated heterocycles. The number of carbonyl (C=O) groups excluding carboxylic acids is 2. The van der Waals surface area contributed by atoms with Gasteiger partial charge >= 0.3 is 0 Å². The highest BCUT2D eigenvalue weighted by atomic mass is 16.3. The number of piperidine rings is 1. The van der Waals surface area contributed by atoms with Crippen LogP contribution in [-0.4, -0.2) is 53.6 Å². The smallest absolute Gasteiger partial charge is 0.253 e. The number of β-amino-alcohol motifs (C(OH)–C–C–N with tert-alkyl or cyclic N) is 1. The van der Waals surface area contributed by atoms with Crippen LogP contribution in [0.5, 0.6) is 0 Å². The third kappa shape index (κ3) is 4.19. The van der Waals surface area contributed by atoms with Gasteiger partial charge in [0, 0.05) is 30.9 Å². The van der Waals surface area contributed by atoms with E-state index in [0.29, 0.717) is 30.1 Å². The molecule has 6 nitrogen and oxygen atoms in total. The van der Waals surface area contributed by atoms with Crippen molar-refractivity contribution < 1.29 is 14.7 Å². The van der Waals surface area contributed by atoms with E-state index in [-0.39, 0.29) is 17.9 Å². The van der Waals surface area contributed by atoms with Crippen LogP contribution in [0.3, 0.4) is 0 Å². The second kappa shape index (κ2) is 7.54. The van der Waals surface area contributed by atoms with Gasteiger partial charge in [0.25, 0.3) is 5.91 Å². The van der Waals surface area contributed by atoms with Gasteiger partial charge in [0.2, 0.25) is 5.91 Å². The van der Waals surface area contributed by atoms with Gasteiger partial charge in [-0.2, -0.15) is 0 Å². The highest BCUT2D eigenvalue weighted by Gasteiger charge is 2.28. The minimum Gasteiger partial charge on any atom is -0.392 e. The number of nitrogens with one attached hydrogen (secondary N) is 2. The Morgan fingerprint density at radius 2 is 2.00 bits per heavy atom. The van der Waals surface area contributed by atoms with E-state index in [4.69, 9.17) is 0 Å². The zero-order chi connectivity index (χ0) is 18.0. The number of hydrogen-bond acceptors (Lipinski definition) is 4. The number of nitrogens with zero attached hydrogens (tertiary/aromatic N) is 1. The number of aliphatic hydroxyl groups excluding tert-OH is 1. The lowest BCUT2D eigenvalue weighted by atomic mass is 9.98. The Morgan fingerprint density at radius 1 is 1.28 bits per heavy atom. The molecule has 3 rings (SSSR count). The summed E-state index contributed by atoms with van der Waals surface area (Å²) in [6.07, 6.45) is 2.07. The summed E-state index contributed by atoms with van der Waals surface area (Å²) < 4.78 is 0. The van der Waals surface area contributed by atoms with Crippen LogP contribution in [0, 0.1) is 12.8 Å². The summed E-state index contributed by atoms with van der Waals surface area (Å²) >= 11 is 0. The molecular formula is C19H27N3O3. The third-order valence-electron chi connectivity index (χ3n) is 5.23. The molecule has 2 aliphatic heterocycles. The molecule has 0 saturated carbocycles. The fourth-order valence-corrected chi connectivity index (χ4v) is 3.47. The Kier molecular flexibility index (Phi) is 5.39. The van der Waals surface area contributed by atoms with Crippen molar-refractivity contribution in [1.29, 1.82) is 0 Å². The van der Waals surface area contributed by atoms with Crippen molar-refractivity contribution in [2.24, 2.45) is 5.92 Å². The highest BCUT2D eigenvalue weighted by Crippen LogP contribution is 2.22. The standard InChI is InChI=1S/C19H27N3O3/c1-12-5-7-22(8-6-12)19(25)14-3-4-16(13(2)9-14)21-18(24)17-10-15(23)11-20-17/h3-4,9,12,15,17,20,23H,5-8,10-11H2,1-2H3,(H,21,24). The summed E-state index contributed by atoms with van der Waals surface area (Å²) in [5.41, 5.74) is 2.24. The molecule has 0 aliphatic carbocycles. The van der Waals surface area contributed by atoms with Crippen molar-refractivity contribution in [3.05, 3.63) is 29.3 Å². The Balaban J connectivity index is 1.64. The maximum absolute atomic E-state index is 12.6. The molecule has 25 heavy (non-hydrogen) atoms. The fourth-order valence-electron chi connectivity index (χ4n) is 3.47. The zero-order valence-corrected chi connectivity index (χ0v) is 14.9. The molecule has 2 atom stereocenters. The molecule has 6 heteroatoms. The molecule has 2 unspecified atom stereocenters. The average molecular weight is 345 g/mol. The first-order valence-corrected chi connectivity index (χ1v) is 9.06. The number of likely N-dealkylation sites (tertiary alicyclic amines) is 1. The lowest BCUT2D eigenvalue weighted by molar-refractivity contribution is -0.117. The van der Waals surface area contributed by atoms with E-state index in [1.807, 2.05) is 17.9 Å². The molecule has 1 aromatic carbocycles. The first-order chi connectivity index (χ1) is 11.9. The van der Waals surface area contributed by atoms with Crippen LogP contribution in [0.1, 0.15) is 42.1 Å². The van der Waals surface area contributed by atoms with E-state index in [1.54, 1.807) is 12.1 Å². The molecule has 2 amide bonds. The van der Waals surface area contributed by atoms with Crippen LogP contribution in [-0.2, 0) is 4.79 Å². The van der Waals surface area contributed by atoms with E-state index in [9.17, 15) is 14.7 Å². The van der Waals surface area contributed by atoms with Crippen LogP contribution in [0.15, 0.2) is 18.2 Å². The van der Waals surface area contributed by atoms with Gasteiger partial charge < -0.3 is 20.6 Å². The summed E-state index contributed by atoms with van der Waals surface area (Å²) in [6.45, 7) is 6.18. The summed E-state index contributed by atoms with van der Waals surface area (Å²) in [7, 11) is 0. The summed E-state index contributed by atoms with van der Waals surface area (Å²) in [5, 5.41) is 15.4. The van der Waals surface area contributed by atoms with Crippen LogP contribution in [0.2, 0.25) is 0 Å². The van der Waals surface area contributed by atoms with E-state index >= 15 is 0 Å². The molecule has 0 spiro atoms. The van der Waals surface area contributed by atoms with Crippen LogP contribution in [0.4, 0.5) is 5.69 Å². The number of amides is 2. The highest BCUT2D eigenvalue weighted by molar-refractivity contribution is 5.98. The van der Waals surface area contributed by atoms with Gasteiger partial charge in [-0.1, -0.05) is 6.92 Å². The number of benzene rings is 1. The number of aryl methyl sites for hydroxylation is 1. The molecule has 2 heterocycles. The Bertz CT molecular complexity index is 653. The normalized spacial score (nSPS) is 24.4. The second-order valence-corrected chi connectivity index (χ2v) is 7.34. The van der Waals surface area contributed by atoms with Crippen LogP contribution >= 0.6 is 0 Å². The third-order valence-corrected chi connectivity index (χ3v) is 5.23. The molecule has 0 radical (unpaired) electrons. The van der Waals surface area contributed by atoms with Gasteiger partial charge in [-0.15, -0.1) is 0 Å². The number of rotatable bonds is 3. The Labute approximate surface area is 148 Å². The molecule has 0 aromatic heterocycles. The lowest BCUT2D eigenvalue weighted by Crippen LogP contribution is -2.38. The molecule has 1 aromatic rings. The number of anilines is 1. The summed E-state index contributed by atoms with van der Waals surface area (Å²) in [6, 6.07) is 5.04. The predicted molar refractivity (Wildman–Crippen MR) is 96.5 cm³/mol. The monoisotopic (exact) mass is 345 g/mol. The van der Waals surface area contributed by atoms with E-state index in [2.05, 4.69) is 17.6 Å². The maximum atomic E-state index is 12.6. The van der Waals surface area contributed by atoms with Gasteiger partial charge in [0.15, 0.2) is 0 Å². The lowest BCUT2D eigenvalue weighted by Gasteiger charge is -2.30.